The molecule has 2 heteroatoms. The summed E-state index contributed by atoms with van der Waals surface area (Å²) in [5, 5.41) is 1.18. The first kappa shape index (κ1) is 12.7. The SMILES string of the molecule is CC(=O)Cc1cn(Cc2ccccc2)c2ccccc12. The molecule has 3 aromatic rings. The summed E-state index contributed by atoms with van der Waals surface area (Å²) in [5.41, 5.74) is 3.57. The van der Waals surface area contributed by atoms with Crippen LogP contribution in [0.1, 0.15) is 18.1 Å². The molecule has 0 bridgehead atoms. The molecule has 0 amide bonds. The summed E-state index contributed by atoms with van der Waals surface area (Å²) in [6, 6.07) is 18.7. The Hall–Kier alpha value is -2.35. The minimum atomic E-state index is 0.201. The van der Waals surface area contributed by atoms with Gasteiger partial charge in [0.2, 0.25) is 0 Å². The molecule has 0 aliphatic carbocycles. The Morgan fingerprint density at radius 3 is 2.45 bits per heavy atom. The van der Waals surface area contributed by atoms with Crippen molar-refractivity contribution in [3.8, 4) is 0 Å². The average molecular weight is 263 g/mol. The lowest BCUT2D eigenvalue weighted by atomic mass is 10.1. The Morgan fingerprint density at radius 1 is 1.00 bits per heavy atom. The standard InChI is InChI=1S/C18H17NO/c1-14(20)11-16-13-19(12-15-7-3-2-4-8-15)18-10-6-5-9-17(16)18/h2-10,13H,11-12H2,1H3. The lowest BCUT2D eigenvalue weighted by molar-refractivity contribution is -0.116. The smallest absolute Gasteiger partial charge is 0.134 e. The highest BCUT2D eigenvalue weighted by Crippen LogP contribution is 2.23. The van der Waals surface area contributed by atoms with Crippen molar-refractivity contribution in [1.29, 1.82) is 0 Å². The molecule has 0 fully saturated rings. The Labute approximate surface area is 118 Å². The van der Waals surface area contributed by atoms with Crippen molar-refractivity contribution in [1.82, 2.24) is 4.57 Å². The fourth-order valence-corrected chi connectivity index (χ4v) is 2.64. The van der Waals surface area contributed by atoms with Crippen LogP contribution in [0.2, 0.25) is 0 Å². The molecule has 0 aliphatic rings. The van der Waals surface area contributed by atoms with Crippen molar-refractivity contribution in [2.45, 2.75) is 19.9 Å². The number of Topliss-reactive ketones (excluding diaryl/α,β-unsaturated/α-hetero) is 1. The maximum absolute atomic E-state index is 11.4. The van der Waals surface area contributed by atoms with Gasteiger partial charge in [0.15, 0.2) is 0 Å². The topological polar surface area (TPSA) is 22.0 Å². The summed E-state index contributed by atoms with van der Waals surface area (Å²) in [6.07, 6.45) is 2.61. The van der Waals surface area contributed by atoms with Crippen LogP contribution in [0.4, 0.5) is 0 Å². The number of para-hydroxylation sites is 1. The molecular formula is C18H17NO. The van der Waals surface area contributed by atoms with Crippen molar-refractivity contribution in [2.24, 2.45) is 0 Å². The second-order valence-corrected chi connectivity index (χ2v) is 5.16. The monoisotopic (exact) mass is 263 g/mol. The summed E-state index contributed by atoms with van der Waals surface area (Å²) >= 11 is 0. The van der Waals surface area contributed by atoms with Crippen LogP contribution in [-0.2, 0) is 17.8 Å². The first-order valence-electron chi connectivity index (χ1n) is 6.84. The van der Waals surface area contributed by atoms with Gasteiger partial charge >= 0.3 is 0 Å². The van der Waals surface area contributed by atoms with Crippen LogP contribution in [0, 0.1) is 0 Å². The van der Waals surface area contributed by atoms with E-state index in [9.17, 15) is 4.79 Å². The fourth-order valence-electron chi connectivity index (χ4n) is 2.64. The van der Waals surface area contributed by atoms with Crippen molar-refractivity contribution < 1.29 is 4.79 Å². The largest absolute Gasteiger partial charge is 0.343 e. The van der Waals surface area contributed by atoms with Crippen LogP contribution < -0.4 is 0 Å². The molecule has 2 aromatic carbocycles. The third-order valence-electron chi connectivity index (χ3n) is 3.51. The zero-order valence-electron chi connectivity index (χ0n) is 11.5. The molecule has 1 heterocycles. The number of carbonyl (C=O) groups excluding carboxylic acids is 1. The van der Waals surface area contributed by atoms with Gasteiger partial charge in [-0.3, -0.25) is 4.79 Å². The summed E-state index contributed by atoms with van der Waals surface area (Å²) in [7, 11) is 0. The maximum Gasteiger partial charge on any atom is 0.134 e. The van der Waals surface area contributed by atoms with Gasteiger partial charge in [0.1, 0.15) is 5.78 Å². The Morgan fingerprint density at radius 2 is 1.70 bits per heavy atom. The van der Waals surface area contributed by atoms with Crippen molar-refractivity contribution in [3.63, 3.8) is 0 Å². The molecule has 0 saturated carbocycles. The van der Waals surface area contributed by atoms with Crippen LogP contribution in [-0.4, -0.2) is 10.4 Å². The number of nitrogens with zero attached hydrogens (tertiary/aromatic N) is 1. The van der Waals surface area contributed by atoms with E-state index in [-0.39, 0.29) is 5.78 Å². The highest BCUT2D eigenvalue weighted by molar-refractivity contribution is 5.89. The number of benzene rings is 2. The van der Waals surface area contributed by atoms with E-state index in [1.165, 1.54) is 16.5 Å². The number of aromatic nitrogens is 1. The van der Waals surface area contributed by atoms with Crippen LogP contribution in [0.3, 0.4) is 0 Å². The highest BCUT2D eigenvalue weighted by atomic mass is 16.1. The van der Waals surface area contributed by atoms with E-state index in [4.69, 9.17) is 0 Å². The molecule has 100 valence electrons. The lowest BCUT2D eigenvalue weighted by Gasteiger charge is -2.05. The highest BCUT2D eigenvalue weighted by Gasteiger charge is 2.09. The van der Waals surface area contributed by atoms with Gasteiger partial charge in [-0.05, 0) is 24.1 Å². The number of fused-ring (bicyclic) bond motifs is 1. The van der Waals surface area contributed by atoms with Gasteiger partial charge in [-0.2, -0.15) is 0 Å². The number of rotatable bonds is 4. The molecule has 0 unspecified atom stereocenters. The predicted octanol–water partition coefficient (Wildman–Crippen LogP) is 3.82. The zero-order chi connectivity index (χ0) is 13.9. The minimum Gasteiger partial charge on any atom is -0.343 e. The maximum atomic E-state index is 11.4. The van der Waals surface area contributed by atoms with E-state index in [2.05, 4.69) is 47.2 Å². The van der Waals surface area contributed by atoms with Gasteiger partial charge in [0.05, 0.1) is 0 Å². The summed E-state index contributed by atoms with van der Waals surface area (Å²) in [6.45, 7) is 2.47. The van der Waals surface area contributed by atoms with Crippen LogP contribution in [0.25, 0.3) is 10.9 Å². The predicted molar refractivity (Wildman–Crippen MR) is 81.9 cm³/mol. The van der Waals surface area contributed by atoms with Gasteiger partial charge in [-0.1, -0.05) is 48.5 Å². The molecule has 0 atom stereocenters. The van der Waals surface area contributed by atoms with E-state index in [0.717, 1.165) is 12.1 Å². The second kappa shape index (κ2) is 5.33. The average Bonchev–Trinajstić information content (AvgIpc) is 2.78. The quantitative estimate of drug-likeness (QED) is 0.701. The van der Waals surface area contributed by atoms with Gasteiger partial charge in [0, 0.05) is 30.1 Å². The third-order valence-corrected chi connectivity index (χ3v) is 3.51. The molecule has 2 nitrogen and oxygen atoms in total. The third kappa shape index (κ3) is 2.50. The molecule has 0 saturated heterocycles. The normalized spacial score (nSPS) is 10.8. The summed E-state index contributed by atoms with van der Waals surface area (Å²) in [5.74, 6) is 0.201. The summed E-state index contributed by atoms with van der Waals surface area (Å²) < 4.78 is 2.23. The van der Waals surface area contributed by atoms with Gasteiger partial charge < -0.3 is 4.57 Å². The first-order chi connectivity index (χ1) is 9.74. The number of carbonyl (C=O) groups is 1. The van der Waals surface area contributed by atoms with E-state index in [0.29, 0.717) is 6.42 Å². The van der Waals surface area contributed by atoms with Crippen molar-refractivity contribution in [2.75, 3.05) is 0 Å². The molecule has 20 heavy (non-hydrogen) atoms. The molecular weight excluding hydrogens is 246 g/mol. The molecule has 0 aliphatic heterocycles. The Bertz CT molecular complexity index is 740. The zero-order valence-corrected chi connectivity index (χ0v) is 11.5. The van der Waals surface area contributed by atoms with E-state index >= 15 is 0 Å². The van der Waals surface area contributed by atoms with Crippen molar-refractivity contribution in [3.05, 3.63) is 71.9 Å². The lowest BCUT2D eigenvalue weighted by Crippen LogP contribution is -1.98. The van der Waals surface area contributed by atoms with E-state index in [1.807, 2.05) is 18.2 Å². The molecule has 3 rings (SSSR count). The molecule has 0 radical (unpaired) electrons. The number of ketones is 1. The number of hydrogen-bond acceptors (Lipinski definition) is 1. The minimum absolute atomic E-state index is 0.201. The van der Waals surface area contributed by atoms with E-state index in [1.54, 1.807) is 6.92 Å². The van der Waals surface area contributed by atoms with E-state index < -0.39 is 0 Å². The number of hydrogen-bond donors (Lipinski definition) is 0. The molecule has 0 N–H and O–H groups in total. The molecule has 1 aromatic heterocycles. The van der Waals surface area contributed by atoms with Crippen molar-refractivity contribution >= 4 is 16.7 Å². The Balaban J connectivity index is 2.04. The summed E-state index contributed by atoms with van der Waals surface area (Å²) in [4.78, 5) is 11.4. The van der Waals surface area contributed by atoms with Crippen LogP contribution in [0.15, 0.2) is 60.8 Å². The first-order valence-corrected chi connectivity index (χ1v) is 6.84. The van der Waals surface area contributed by atoms with Gasteiger partial charge in [-0.15, -0.1) is 0 Å². The Kier molecular flexibility index (Phi) is 3.38. The van der Waals surface area contributed by atoms with Crippen LogP contribution in [0.5, 0.6) is 0 Å². The molecule has 0 spiro atoms. The van der Waals surface area contributed by atoms with Gasteiger partial charge in [-0.25, -0.2) is 0 Å². The fraction of sp³-hybridized carbons (Fsp3) is 0.167. The van der Waals surface area contributed by atoms with Gasteiger partial charge in [0.25, 0.3) is 0 Å². The second-order valence-electron chi connectivity index (χ2n) is 5.16. The van der Waals surface area contributed by atoms with Crippen LogP contribution >= 0.6 is 0 Å².